The van der Waals surface area contributed by atoms with Gasteiger partial charge in [0.15, 0.2) is 0 Å². The number of likely N-dealkylation sites (N-methyl/N-ethyl adjacent to an activating group) is 1. The highest BCUT2D eigenvalue weighted by molar-refractivity contribution is 5.98. The number of carbonyl (C=O) groups excluding carboxylic acids is 4. The molecule has 148 heavy (non-hydrogen) atoms. The van der Waals surface area contributed by atoms with Crippen molar-refractivity contribution in [2.24, 2.45) is 99.1 Å². The molecular weight excluding hydrogens is 1870 g/mol. The molecule has 4 bridgehead atoms. The van der Waals surface area contributed by atoms with Gasteiger partial charge in [0.25, 0.3) is 11.8 Å². The van der Waals surface area contributed by atoms with Gasteiger partial charge in [0.2, 0.25) is 11.8 Å². The molecule has 2 unspecified atom stereocenters. The highest BCUT2D eigenvalue weighted by atomic mass is 16.7. The van der Waals surface area contributed by atoms with Crippen LogP contribution in [0, 0.1) is 99.1 Å². The van der Waals surface area contributed by atoms with Crippen molar-refractivity contribution < 1.29 is 73.4 Å². The van der Waals surface area contributed by atoms with Crippen LogP contribution in [-0.2, 0) is 41.9 Å². The molecule has 11 aliphatic rings. The lowest BCUT2D eigenvalue weighted by Gasteiger charge is -2.62. The Morgan fingerprint density at radius 1 is 0.507 bits per heavy atom. The molecule has 30 heteroatoms. The maximum Gasteiger partial charge on any atom is 0.251 e. The average Bonchev–Trinajstić information content (AvgIpc) is 0.773. The van der Waals surface area contributed by atoms with E-state index in [2.05, 4.69) is 171 Å². The summed E-state index contributed by atoms with van der Waals surface area (Å²) in [5.41, 5.74) is 13.6. The summed E-state index contributed by atoms with van der Waals surface area (Å²) < 4.78 is 18.3. The summed E-state index contributed by atoms with van der Waals surface area (Å²) in [4.78, 5) is 84.7. The van der Waals surface area contributed by atoms with Crippen LogP contribution >= 0.6 is 0 Å². The number of hydroxylamine groups is 6. The van der Waals surface area contributed by atoms with Gasteiger partial charge in [0.05, 0.1) is 83.6 Å². The smallest absolute Gasteiger partial charge is 0.251 e. The van der Waals surface area contributed by atoms with Gasteiger partial charge in [0.1, 0.15) is 41.8 Å². The first-order chi connectivity index (χ1) is 69.7. The molecule has 8 aliphatic carbocycles. The largest absolute Gasteiger partial charge is 0.496 e. The van der Waals surface area contributed by atoms with Gasteiger partial charge in [-0.15, -0.1) is 0 Å². The standard InChI is InChI=1S/C43H73N5O5.C38H57N5O5.C37H57N5O5/c1-26(2)22-47(23-27(3)4)25-37-38(30(7)49)39(42(51)45-21-28(5)36-17-29(6)43(36,8)9)48(53-37)24-31-15-14-16-35(40(31)52-13)32-18-33(41(50)44-10)20-34(19-32)46(11)12;1-21(2)40-19-32-33(23(4)44)34(37(46)41-31-18-27-17-30(22(31)3)38(27,5)6)43(48-32)20-24-12-11-13-29(35(24)47-10)25-14-26(36(45)39-7)16-28(15-25)42(8)9;1-21-29-17-26(37(29,3)4)18-30(21)39-36(45)33-32(22(2)43)31(20-40(6)7)47-42(33)19-23-12-11-13-28(34(23)46-10)24-14-25(35(44)38-5)16-27(15-24)41(8)9/h14-16,18-20,26-30,36-39,41-42,44-45,49-51H,17,21-25H2,1-13H3;11-16,21-23,27,30-34,40,44H,17-20H2,1-10H3,(H,39,45)(H,41,46);12,14-16,21-22,26,29-33,43H,11,13,17-20H2,1-10H3,(H,38,44)(H,39,45)/t28-,29+,30+,36+,37+,38-,39+,41?,42?;22-,23-,27+,30-,31-,32-,33+,34-;21-,22-,26+,29-,30-,31-,32+,33-/m100/s1. The second-order valence-electron chi connectivity index (χ2n) is 48.5. The summed E-state index contributed by atoms with van der Waals surface area (Å²) in [7, 11) is 25.7. The lowest BCUT2D eigenvalue weighted by molar-refractivity contribution is -0.189. The summed E-state index contributed by atoms with van der Waals surface area (Å²) in [6.07, 6.45) is 4.25. The Balaban J connectivity index is 0.000000197. The van der Waals surface area contributed by atoms with Crippen LogP contribution in [0.15, 0.2) is 108 Å². The van der Waals surface area contributed by atoms with E-state index in [0.717, 1.165) is 117 Å². The molecule has 30 nitrogen and oxygen atoms in total. The van der Waals surface area contributed by atoms with Crippen LogP contribution in [0.1, 0.15) is 226 Å². The van der Waals surface area contributed by atoms with Gasteiger partial charge in [-0.1, -0.05) is 153 Å². The number of methoxy groups -OCH3 is 3. The number of para-hydroxylation sites is 2. The molecular formula is C118H187N15O15. The van der Waals surface area contributed by atoms with Gasteiger partial charge in [-0.25, -0.2) is 0 Å². The number of nitrogens with zero attached hydrogens (tertiary/aromatic N) is 8. The van der Waals surface area contributed by atoms with E-state index in [0.29, 0.717) is 138 Å². The minimum Gasteiger partial charge on any atom is -0.496 e. The number of benzene rings is 5. The number of allylic oxidation sites excluding steroid dienone is 2. The van der Waals surface area contributed by atoms with Crippen LogP contribution < -0.4 is 61.4 Å². The minimum atomic E-state index is -0.928. The molecule has 3 heterocycles. The first-order valence-corrected chi connectivity index (χ1v) is 54.8. The van der Waals surface area contributed by atoms with E-state index >= 15 is 0 Å². The Bertz CT molecular complexity index is 5340. The quantitative estimate of drug-likeness (QED) is 0.0162. The number of hydrogen-bond donors (Lipinski definition) is 12. The highest BCUT2D eigenvalue weighted by Crippen LogP contribution is 2.63. The molecule has 824 valence electrons. The number of ether oxygens (including phenoxy) is 3. The zero-order valence-electron chi connectivity index (χ0n) is 95.6. The van der Waals surface area contributed by atoms with Gasteiger partial charge in [-0.05, 0) is 245 Å². The monoisotopic (exact) mass is 2050 g/mol. The van der Waals surface area contributed by atoms with Gasteiger partial charge in [0, 0.05) is 193 Å². The zero-order chi connectivity index (χ0) is 109. The summed E-state index contributed by atoms with van der Waals surface area (Å²) in [6.45, 7) is 47.0. The number of fused-ring (bicyclic) bond motifs is 4. The Kier molecular flexibility index (Phi) is 40.1. The minimum absolute atomic E-state index is 0.0819. The van der Waals surface area contributed by atoms with E-state index in [1.54, 1.807) is 66.4 Å². The van der Waals surface area contributed by atoms with Gasteiger partial charge in [-0.2, -0.15) is 15.2 Å². The van der Waals surface area contributed by atoms with E-state index in [1.807, 2.05) is 167 Å². The van der Waals surface area contributed by atoms with Crippen LogP contribution in [-0.4, -0.2) is 298 Å². The van der Waals surface area contributed by atoms with Crippen molar-refractivity contribution in [1.29, 1.82) is 0 Å². The normalized spacial score (nSPS) is 28.1. The third-order valence-electron chi connectivity index (χ3n) is 35.2. The molecule has 4 amide bonds. The number of nitrogens with one attached hydrogen (secondary N) is 7. The second kappa shape index (κ2) is 50.2. The molecule has 3 saturated heterocycles. The molecule has 7 saturated carbocycles. The summed E-state index contributed by atoms with van der Waals surface area (Å²) in [6, 6.07) is 28.3. The van der Waals surface area contributed by atoms with Crippen molar-refractivity contribution in [3.63, 3.8) is 0 Å². The number of amides is 4. The molecule has 0 radical (unpaired) electrons. The molecule has 16 rings (SSSR count). The molecule has 0 aromatic heterocycles. The third-order valence-corrected chi connectivity index (χ3v) is 35.2. The molecule has 5 aromatic rings. The highest BCUT2D eigenvalue weighted by Gasteiger charge is 2.61. The molecule has 10 fully saturated rings. The van der Waals surface area contributed by atoms with Gasteiger partial charge >= 0.3 is 0 Å². The Morgan fingerprint density at radius 2 is 0.959 bits per heavy atom. The van der Waals surface area contributed by atoms with Crippen molar-refractivity contribution in [3.8, 4) is 33.8 Å². The van der Waals surface area contributed by atoms with Crippen LogP contribution in [0.4, 0.5) is 17.1 Å². The topological polar surface area (TPSA) is 335 Å². The van der Waals surface area contributed by atoms with Crippen molar-refractivity contribution in [3.05, 3.63) is 142 Å². The van der Waals surface area contributed by atoms with Crippen molar-refractivity contribution in [2.45, 2.75) is 275 Å². The summed E-state index contributed by atoms with van der Waals surface area (Å²) in [5, 5.41) is 84.2. The van der Waals surface area contributed by atoms with E-state index < -0.39 is 66.8 Å². The number of hydrogen-bond acceptors (Lipinski definition) is 26. The van der Waals surface area contributed by atoms with E-state index in [1.165, 1.54) is 19.3 Å². The summed E-state index contributed by atoms with van der Waals surface area (Å²) in [5.74, 6) is 6.18. The van der Waals surface area contributed by atoms with Crippen LogP contribution in [0.5, 0.6) is 11.5 Å². The van der Waals surface area contributed by atoms with Gasteiger partial charge in [-0.3, -0.25) is 44.3 Å². The fourth-order valence-electron chi connectivity index (χ4n) is 26.2. The zero-order valence-corrected chi connectivity index (χ0v) is 95.6. The Morgan fingerprint density at radius 3 is 1.39 bits per heavy atom. The Hall–Kier alpha value is -8.38. The SMILES string of the molecule is CNC(=O)c1cc(-c2cccc(CN3O[C@@H](CNC(C)C)[C@@H]([C@H](C)O)[C@H]3C(=O)N[C@H]3C[C@H]4C[C@@H]([C@@H]3C)C4(C)C)c2OC)cc(N(C)C)c1.CNC(=O)c1cc(C2=C(OC)C(CN3O[C@@H](CN(C)C)[C@@H]([C@H](C)O)[C@H]3C(=O)N[C@H]3C[C@H]4C[C@@H]([C@@H]3C)C4(C)C)=CCC2)cc(N(C)C)c1.CNC(O)c1cc(-c2cccc(CN3O[C@@H](CN(CC(C)C)CC(C)C)[C@@H]([C@H](C)O)[C@H]3C(O)NC[C@@H](C)[C@@H]3C[C@H](C)C3(C)C)c2OC)cc(N(C)C)c1. The first-order valence-electron chi connectivity index (χ1n) is 54.8. The lowest BCUT2D eigenvalue weighted by atomic mass is 9.45. The summed E-state index contributed by atoms with van der Waals surface area (Å²) >= 11 is 0. The number of anilines is 3. The number of aliphatic hydroxyl groups excluding tert-OH is 5. The lowest BCUT2D eigenvalue weighted by Crippen LogP contribution is -2.62. The van der Waals surface area contributed by atoms with E-state index in [-0.39, 0.29) is 71.8 Å². The van der Waals surface area contributed by atoms with Crippen LogP contribution in [0.25, 0.3) is 27.8 Å². The number of carbonyl (C=O) groups is 4. The van der Waals surface area contributed by atoms with Crippen LogP contribution in [0.3, 0.4) is 0 Å². The molecule has 3 aliphatic heterocycles. The third kappa shape index (κ3) is 26.5. The average molecular weight is 2060 g/mol. The van der Waals surface area contributed by atoms with Crippen LogP contribution in [0.2, 0.25) is 0 Å². The Labute approximate surface area is 885 Å². The van der Waals surface area contributed by atoms with E-state index in [4.69, 9.17) is 28.7 Å². The van der Waals surface area contributed by atoms with Crippen molar-refractivity contribution in [2.75, 3.05) is 159 Å². The first kappa shape index (κ1) is 118. The van der Waals surface area contributed by atoms with Gasteiger partial charge < -0.3 is 90.8 Å². The van der Waals surface area contributed by atoms with Crippen molar-refractivity contribution >= 4 is 46.3 Å². The maximum absolute atomic E-state index is 14.4. The predicted octanol–water partition coefficient (Wildman–Crippen LogP) is 14.3. The molecule has 5 aromatic carbocycles. The maximum atomic E-state index is 14.4. The fraction of sp³-hybridized carbons (Fsp3) is 0.678. The second-order valence-corrected chi connectivity index (χ2v) is 48.5. The molecule has 25 atom stereocenters. The van der Waals surface area contributed by atoms with E-state index in [9.17, 15) is 44.7 Å². The number of aliphatic hydroxyl groups is 5. The molecule has 0 spiro atoms. The van der Waals surface area contributed by atoms with Crippen molar-refractivity contribution in [1.82, 2.24) is 62.2 Å². The molecule has 12 N–H and O–H groups in total. The predicted molar refractivity (Wildman–Crippen MR) is 592 cm³/mol. The fourth-order valence-corrected chi connectivity index (χ4v) is 26.2. The number of rotatable bonds is 42.